The Bertz CT molecular complexity index is 274. The van der Waals surface area contributed by atoms with Crippen LogP contribution in [0.15, 0.2) is 24.5 Å². The monoisotopic (exact) mass is 210 g/mol. The van der Waals surface area contributed by atoms with E-state index in [9.17, 15) is 4.39 Å². The number of hydrogen-bond acceptors (Lipinski definition) is 2. The maximum absolute atomic E-state index is 13.9. The Morgan fingerprint density at radius 3 is 2.40 bits per heavy atom. The molecule has 1 aromatic rings. The molecule has 0 saturated heterocycles. The number of pyridine rings is 1. The molecule has 0 saturated carbocycles. The number of hydrogen-bond donors (Lipinski definition) is 1. The van der Waals surface area contributed by atoms with Crippen LogP contribution in [0.5, 0.6) is 0 Å². The lowest BCUT2D eigenvalue weighted by molar-refractivity contribution is 0.185. The predicted octanol–water partition coefficient (Wildman–Crippen LogP) is 2.19. The molecule has 1 aromatic heterocycles. The minimum absolute atomic E-state index is 0.0573. The van der Waals surface area contributed by atoms with E-state index >= 15 is 0 Å². The second kappa shape index (κ2) is 5.81. The summed E-state index contributed by atoms with van der Waals surface area (Å²) in [6, 6.07) is 3.70. The Balaban J connectivity index is 2.58. The smallest absolute Gasteiger partial charge is 0.108 e. The molecule has 0 spiro atoms. The zero-order chi connectivity index (χ0) is 11.3. The van der Waals surface area contributed by atoms with Gasteiger partial charge in [-0.15, -0.1) is 0 Å². The van der Waals surface area contributed by atoms with E-state index in [0.29, 0.717) is 13.0 Å². The van der Waals surface area contributed by atoms with Gasteiger partial charge in [0.2, 0.25) is 0 Å². The molecule has 15 heavy (non-hydrogen) atoms. The maximum atomic E-state index is 13.9. The van der Waals surface area contributed by atoms with Crippen LogP contribution in [0.1, 0.15) is 19.4 Å². The number of aromatic nitrogens is 1. The zero-order valence-corrected chi connectivity index (χ0v) is 9.36. The van der Waals surface area contributed by atoms with Crippen LogP contribution in [-0.4, -0.2) is 17.7 Å². The topological polar surface area (TPSA) is 38.9 Å². The average molecular weight is 210 g/mol. The molecule has 0 aromatic carbocycles. The highest BCUT2D eigenvalue weighted by atomic mass is 19.1. The van der Waals surface area contributed by atoms with E-state index in [1.807, 2.05) is 26.0 Å². The minimum Gasteiger partial charge on any atom is -0.330 e. The summed E-state index contributed by atoms with van der Waals surface area (Å²) in [4.78, 5) is 3.91. The second-order valence-corrected chi connectivity index (χ2v) is 4.22. The molecule has 0 amide bonds. The van der Waals surface area contributed by atoms with Crippen LogP contribution >= 0.6 is 0 Å². The Kier molecular flexibility index (Phi) is 4.69. The molecule has 2 nitrogen and oxygen atoms in total. The van der Waals surface area contributed by atoms with Gasteiger partial charge in [0.05, 0.1) is 0 Å². The van der Waals surface area contributed by atoms with E-state index in [2.05, 4.69) is 4.98 Å². The van der Waals surface area contributed by atoms with Gasteiger partial charge in [-0.3, -0.25) is 4.98 Å². The highest BCUT2D eigenvalue weighted by Crippen LogP contribution is 2.20. The third-order valence-corrected chi connectivity index (χ3v) is 2.77. The Morgan fingerprint density at radius 1 is 1.33 bits per heavy atom. The lowest BCUT2D eigenvalue weighted by atomic mass is 9.88. The molecule has 0 aliphatic rings. The number of alkyl halides is 1. The lowest BCUT2D eigenvalue weighted by Gasteiger charge is -2.23. The third kappa shape index (κ3) is 3.59. The van der Waals surface area contributed by atoms with Crippen LogP contribution in [0, 0.1) is 11.8 Å². The lowest BCUT2D eigenvalue weighted by Crippen LogP contribution is -2.30. The van der Waals surface area contributed by atoms with E-state index < -0.39 is 6.17 Å². The van der Waals surface area contributed by atoms with Crippen molar-refractivity contribution in [2.45, 2.75) is 26.4 Å². The molecule has 3 heteroatoms. The van der Waals surface area contributed by atoms with Gasteiger partial charge in [-0.2, -0.15) is 0 Å². The van der Waals surface area contributed by atoms with Crippen molar-refractivity contribution in [3.8, 4) is 0 Å². The molecule has 0 aliphatic heterocycles. The number of nitrogens with two attached hydrogens (primary N) is 1. The molecule has 1 rings (SSSR count). The molecule has 2 unspecified atom stereocenters. The number of rotatable bonds is 5. The Morgan fingerprint density at radius 2 is 1.93 bits per heavy atom. The van der Waals surface area contributed by atoms with Gasteiger partial charge in [-0.25, -0.2) is 4.39 Å². The Hall–Kier alpha value is -0.960. The van der Waals surface area contributed by atoms with Crippen LogP contribution in [0.4, 0.5) is 4.39 Å². The molecule has 0 radical (unpaired) electrons. The second-order valence-electron chi connectivity index (χ2n) is 4.22. The zero-order valence-electron chi connectivity index (χ0n) is 9.36. The van der Waals surface area contributed by atoms with Gasteiger partial charge in [0.15, 0.2) is 0 Å². The number of halogens is 1. The fourth-order valence-corrected chi connectivity index (χ4v) is 1.73. The van der Waals surface area contributed by atoms with Crippen LogP contribution in [-0.2, 0) is 6.42 Å². The fraction of sp³-hybridized carbons (Fsp3) is 0.583. The van der Waals surface area contributed by atoms with Crippen molar-refractivity contribution < 1.29 is 4.39 Å². The predicted molar refractivity (Wildman–Crippen MR) is 60.2 cm³/mol. The molecule has 0 aliphatic carbocycles. The summed E-state index contributed by atoms with van der Waals surface area (Å²) in [5, 5.41) is 0. The first kappa shape index (κ1) is 12.1. The fourth-order valence-electron chi connectivity index (χ4n) is 1.73. The highest BCUT2D eigenvalue weighted by Gasteiger charge is 2.22. The van der Waals surface area contributed by atoms with Gasteiger partial charge in [-0.05, 0) is 30.2 Å². The third-order valence-electron chi connectivity index (χ3n) is 2.77. The first-order valence-corrected chi connectivity index (χ1v) is 5.38. The first-order chi connectivity index (χ1) is 7.15. The quantitative estimate of drug-likeness (QED) is 0.809. The molecule has 2 atom stereocenters. The van der Waals surface area contributed by atoms with Crippen LogP contribution in [0.25, 0.3) is 0 Å². The van der Waals surface area contributed by atoms with Crippen molar-refractivity contribution in [2.75, 3.05) is 6.54 Å². The van der Waals surface area contributed by atoms with E-state index in [1.165, 1.54) is 0 Å². The van der Waals surface area contributed by atoms with Gasteiger partial charge in [-0.1, -0.05) is 13.8 Å². The van der Waals surface area contributed by atoms with Crippen LogP contribution < -0.4 is 5.73 Å². The molecular weight excluding hydrogens is 191 g/mol. The van der Waals surface area contributed by atoms with E-state index in [1.54, 1.807) is 12.4 Å². The van der Waals surface area contributed by atoms with Crippen molar-refractivity contribution in [3.05, 3.63) is 30.1 Å². The van der Waals surface area contributed by atoms with Gasteiger partial charge in [0, 0.05) is 24.7 Å². The summed E-state index contributed by atoms with van der Waals surface area (Å²) in [6.07, 6.45) is 2.95. The number of nitrogens with zero attached hydrogens (tertiary/aromatic N) is 1. The van der Waals surface area contributed by atoms with Gasteiger partial charge < -0.3 is 5.73 Å². The van der Waals surface area contributed by atoms with E-state index in [0.717, 1.165) is 5.56 Å². The highest BCUT2D eigenvalue weighted by molar-refractivity contribution is 5.11. The summed E-state index contributed by atoms with van der Waals surface area (Å²) < 4.78 is 13.9. The Labute approximate surface area is 90.7 Å². The molecule has 1 heterocycles. The van der Waals surface area contributed by atoms with Crippen LogP contribution in [0.2, 0.25) is 0 Å². The van der Waals surface area contributed by atoms with Gasteiger partial charge in [0.1, 0.15) is 6.17 Å². The first-order valence-electron chi connectivity index (χ1n) is 5.38. The largest absolute Gasteiger partial charge is 0.330 e. The molecule has 0 fully saturated rings. The summed E-state index contributed by atoms with van der Waals surface area (Å²) in [5.41, 5.74) is 6.56. The molecule has 2 N–H and O–H groups in total. The van der Waals surface area contributed by atoms with Crippen molar-refractivity contribution in [2.24, 2.45) is 17.6 Å². The molecule has 84 valence electrons. The van der Waals surface area contributed by atoms with Crippen molar-refractivity contribution in [1.82, 2.24) is 4.98 Å². The average Bonchev–Trinajstić information content (AvgIpc) is 2.19. The van der Waals surface area contributed by atoms with E-state index in [4.69, 9.17) is 5.73 Å². The van der Waals surface area contributed by atoms with Crippen molar-refractivity contribution in [1.29, 1.82) is 0 Å². The maximum Gasteiger partial charge on any atom is 0.108 e. The van der Waals surface area contributed by atoms with Crippen LogP contribution in [0.3, 0.4) is 0 Å². The summed E-state index contributed by atoms with van der Waals surface area (Å²) in [7, 11) is 0. The SMILES string of the molecule is CC(C)C(CN)C(F)Cc1ccncc1. The minimum atomic E-state index is -0.864. The van der Waals surface area contributed by atoms with Gasteiger partial charge >= 0.3 is 0 Å². The standard InChI is InChI=1S/C12H19FN2/c1-9(2)11(8-14)12(13)7-10-3-5-15-6-4-10/h3-6,9,11-12H,7-8,14H2,1-2H3. The normalized spacial score (nSPS) is 15.3. The summed E-state index contributed by atoms with van der Waals surface area (Å²) in [5.74, 6) is 0.227. The van der Waals surface area contributed by atoms with E-state index in [-0.39, 0.29) is 11.8 Å². The van der Waals surface area contributed by atoms with Gasteiger partial charge in [0.25, 0.3) is 0 Å². The summed E-state index contributed by atoms with van der Waals surface area (Å²) in [6.45, 7) is 4.43. The molecule has 0 bridgehead atoms. The van der Waals surface area contributed by atoms with Crippen molar-refractivity contribution in [3.63, 3.8) is 0 Å². The van der Waals surface area contributed by atoms with Crippen molar-refractivity contribution >= 4 is 0 Å². The summed E-state index contributed by atoms with van der Waals surface area (Å²) >= 11 is 0. The molecular formula is C12H19FN2.